The van der Waals surface area contributed by atoms with Gasteiger partial charge in [0.25, 0.3) is 0 Å². The van der Waals surface area contributed by atoms with Crippen LogP contribution in [0.1, 0.15) is 6.92 Å². The van der Waals surface area contributed by atoms with Crippen LogP contribution in [0.5, 0.6) is 0 Å². The van der Waals surface area contributed by atoms with Gasteiger partial charge in [-0.15, -0.1) is 11.3 Å². The molecule has 78 valence electrons. The number of rotatable bonds is 4. The van der Waals surface area contributed by atoms with Crippen LogP contribution in [0.4, 0.5) is 5.82 Å². The summed E-state index contributed by atoms with van der Waals surface area (Å²) in [6.45, 7) is 2.92. The molecule has 0 unspecified atom stereocenters. The zero-order chi connectivity index (χ0) is 10.5. The molecular weight excluding hydrogens is 226 g/mol. The first-order chi connectivity index (χ1) is 7.38. The van der Waals surface area contributed by atoms with E-state index in [9.17, 15) is 0 Å². The predicted octanol–water partition coefficient (Wildman–Crippen LogP) is 3.12. The molecule has 0 bridgehead atoms. The van der Waals surface area contributed by atoms with Crippen molar-refractivity contribution >= 4 is 28.9 Å². The summed E-state index contributed by atoms with van der Waals surface area (Å²) in [5, 5.41) is 6.21. The smallest absolute Gasteiger partial charge is 0.130 e. The molecule has 3 nitrogen and oxygen atoms in total. The molecule has 0 fully saturated rings. The van der Waals surface area contributed by atoms with Gasteiger partial charge in [-0.2, -0.15) is 0 Å². The number of hydrogen-bond acceptors (Lipinski definition) is 5. The maximum atomic E-state index is 4.22. The lowest BCUT2D eigenvalue weighted by Gasteiger charge is -2.02. The van der Waals surface area contributed by atoms with Gasteiger partial charge in [-0.25, -0.2) is 9.97 Å². The Kier molecular flexibility index (Phi) is 3.58. The molecule has 0 amide bonds. The fourth-order valence-corrected chi connectivity index (χ4v) is 2.78. The Bertz CT molecular complexity index is 414. The summed E-state index contributed by atoms with van der Waals surface area (Å²) in [6.07, 6.45) is 1.59. The predicted molar refractivity (Wildman–Crippen MR) is 64.6 cm³/mol. The van der Waals surface area contributed by atoms with Crippen LogP contribution in [-0.2, 0) is 0 Å². The monoisotopic (exact) mass is 237 g/mol. The van der Waals surface area contributed by atoms with E-state index in [1.165, 1.54) is 4.21 Å². The summed E-state index contributed by atoms with van der Waals surface area (Å²) in [7, 11) is 0. The second-order valence-corrected chi connectivity index (χ2v) is 5.07. The second-order valence-electron chi connectivity index (χ2n) is 2.81. The Labute approximate surface area is 97.0 Å². The minimum absolute atomic E-state index is 0.875. The average molecular weight is 237 g/mol. The highest BCUT2D eigenvalue weighted by Gasteiger charge is 2.01. The van der Waals surface area contributed by atoms with Gasteiger partial charge in [0.15, 0.2) is 0 Å². The first-order valence-corrected chi connectivity index (χ1v) is 6.35. The molecule has 15 heavy (non-hydrogen) atoms. The molecule has 0 aliphatic heterocycles. The maximum Gasteiger partial charge on any atom is 0.130 e. The lowest BCUT2D eigenvalue weighted by molar-refractivity contribution is 1.03. The van der Waals surface area contributed by atoms with Crippen LogP contribution in [0.3, 0.4) is 0 Å². The number of anilines is 1. The second kappa shape index (κ2) is 5.14. The molecule has 0 aromatic carbocycles. The zero-order valence-electron chi connectivity index (χ0n) is 8.30. The van der Waals surface area contributed by atoms with Crippen molar-refractivity contribution in [1.82, 2.24) is 9.97 Å². The topological polar surface area (TPSA) is 37.8 Å². The highest BCUT2D eigenvalue weighted by Crippen LogP contribution is 2.30. The van der Waals surface area contributed by atoms with Crippen LogP contribution in [-0.4, -0.2) is 16.5 Å². The fourth-order valence-electron chi connectivity index (χ4n) is 1.10. The van der Waals surface area contributed by atoms with Gasteiger partial charge >= 0.3 is 0 Å². The van der Waals surface area contributed by atoms with Crippen molar-refractivity contribution in [3.8, 4) is 0 Å². The third kappa shape index (κ3) is 2.94. The largest absolute Gasteiger partial charge is 0.370 e. The minimum atomic E-state index is 0.875. The van der Waals surface area contributed by atoms with E-state index in [1.54, 1.807) is 29.4 Å². The molecule has 0 spiro atoms. The number of aromatic nitrogens is 2. The van der Waals surface area contributed by atoms with Crippen molar-refractivity contribution < 1.29 is 0 Å². The molecule has 0 radical (unpaired) electrons. The summed E-state index contributed by atoms with van der Waals surface area (Å²) in [4.78, 5) is 8.34. The van der Waals surface area contributed by atoms with Gasteiger partial charge in [-0.1, -0.05) is 17.8 Å². The normalized spacial score (nSPS) is 10.2. The molecule has 5 heteroatoms. The Morgan fingerprint density at radius 2 is 2.40 bits per heavy atom. The van der Waals surface area contributed by atoms with Crippen molar-refractivity contribution in [2.24, 2.45) is 0 Å². The van der Waals surface area contributed by atoms with Crippen LogP contribution in [0.15, 0.2) is 39.1 Å². The highest BCUT2D eigenvalue weighted by atomic mass is 32.2. The van der Waals surface area contributed by atoms with E-state index in [0.717, 1.165) is 17.4 Å². The summed E-state index contributed by atoms with van der Waals surface area (Å²) >= 11 is 3.38. The molecule has 2 aromatic rings. The minimum Gasteiger partial charge on any atom is -0.370 e. The molecular formula is C10H11N3S2. The molecule has 1 N–H and O–H groups in total. The average Bonchev–Trinajstić information content (AvgIpc) is 2.71. The van der Waals surface area contributed by atoms with E-state index in [2.05, 4.69) is 26.7 Å². The van der Waals surface area contributed by atoms with Gasteiger partial charge in [0.1, 0.15) is 17.2 Å². The number of thiophene rings is 1. The van der Waals surface area contributed by atoms with E-state index < -0.39 is 0 Å². The molecule has 2 rings (SSSR count). The van der Waals surface area contributed by atoms with Gasteiger partial charge in [0, 0.05) is 12.6 Å². The van der Waals surface area contributed by atoms with Gasteiger partial charge in [-0.3, -0.25) is 0 Å². The van der Waals surface area contributed by atoms with Gasteiger partial charge < -0.3 is 5.32 Å². The Morgan fingerprint density at radius 1 is 1.47 bits per heavy atom. The first-order valence-electron chi connectivity index (χ1n) is 4.66. The lowest BCUT2D eigenvalue weighted by Crippen LogP contribution is -1.99. The van der Waals surface area contributed by atoms with Crippen LogP contribution >= 0.6 is 23.1 Å². The van der Waals surface area contributed by atoms with Gasteiger partial charge in [0.2, 0.25) is 0 Å². The third-order valence-electron chi connectivity index (χ3n) is 1.70. The summed E-state index contributed by atoms with van der Waals surface area (Å²) < 4.78 is 1.25. The molecule has 0 saturated heterocycles. The quantitative estimate of drug-likeness (QED) is 0.829. The number of nitrogens with zero attached hydrogens (tertiary/aromatic N) is 2. The summed E-state index contributed by atoms with van der Waals surface area (Å²) in [6, 6.07) is 6.09. The molecule has 2 aromatic heterocycles. The SMILES string of the molecule is CCNc1cc(Sc2cccs2)ncn1. The van der Waals surface area contributed by atoms with Crippen LogP contribution in [0.2, 0.25) is 0 Å². The Balaban J connectivity index is 2.11. The van der Waals surface area contributed by atoms with Crippen molar-refractivity contribution in [2.75, 3.05) is 11.9 Å². The van der Waals surface area contributed by atoms with E-state index in [1.807, 2.05) is 19.1 Å². The number of hydrogen-bond donors (Lipinski definition) is 1. The van der Waals surface area contributed by atoms with Crippen molar-refractivity contribution in [2.45, 2.75) is 16.2 Å². The van der Waals surface area contributed by atoms with Crippen molar-refractivity contribution in [1.29, 1.82) is 0 Å². The maximum absolute atomic E-state index is 4.22. The zero-order valence-corrected chi connectivity index (χ0v) is 9.94. The molecule has 0 aliphatic rings. The van der Waals surface area contributed by atoms with Crippen molar-refractivity contribution in [3.63, 3.8) is 0 Å². The Morgan fingerprint density at radius 3 is 3.13 bits per heavy atom. The summed E-state index contributed by atoms with van der Waals surface area (Å²) in [5.41, 5.74) is 0. The van der Waals surface area contributed by atoms with Crippen molar-refractivity contribution in [3.05, 3.63) is 29.9 Å². The van der Waals surface area contributed by atoms with E-state index in [0.29, 0.717) is 0 Å². The molecule has 0 atom stereocenters. The van der Waals surface area contributed by atoms with Gasteiger partial charge in [0.05, 0.1) is 4.21 Å². The summed E-state index contributed by atoms with van der Waals surface area (Å²) in [5.74, 6) is 0.881. The van der Waals surface area contributed by atoms with E-state index in [4.69, 9.17) is 0 Å². The lowest BCUT2D eigenvalue weighted by atomic mass is 10.5. The van der Waals surface area contributed by atoms with Crippen LogP contribution in [0, 0.1) is 0 Å². The number of nitrogens with one attached hydrogen (secondary N) is 1. The van der Waals surface area contributed by atoms with Gasteiger partial charge in [-0.05, 0) is 18.4 Å². The first kappa shape index (κ1) is 10.4. The standard InChI is InChI=1S/C10H11N3S2/c1-2-11-8-6-9(13-7-12-8)15-10-4-3-5-14-10/h3-7H,2H2,1H3,(H,11,12,13). The third-order valence-corrected chi connectivity index (χ3v) is 3.67. The van der Waals surface area contributed by atoms with Crippen LogP contribution < -0.4 is 5.32 Å². The molecule has 0 aliphatic carbocycles. The fraction of sp³-hybridized carbons (Fsp3) is 0.200. The molecule has 2 heterocycles. The Hall–Kier alpha value is -1.07. The highest BCUT2D eigenvalue weighted by molar-refractivity contribution is 8.01. The van der Waals surface area contributed by atoms with Crippen LogP contribution in [0.25, 0.3) is 0 Å². The van der Waals surface area contributed by atoms with E-state index >= 15 is 0 Å². The molecule has 0 saturated carbocycles. The van der Waals surface area contributed by atoms with E-state index in [-0.39, 0.29) is 0 Å².